The van der Waals surface area contributed by atoms with Crippen molar-refractivity contribution in [2.24, 2.45) is 5.92 Å². The molecule has 0 saturated heterocycles. The van der Waals surface area contributed by atoms with Crippen molar-refractivity contribution in [3.8, 4) is 17.2 Å². The highest BCUT2D eigenvalue weighted by molar-refractivity contribution is 7.90. The van der Waals surface area contributed by atoms with Gasteiger partial charge in [0.1, 0.15) is 28.4 Å². The van der Waals surface area contributed by atoms with Crippen LogP contribution >= 0.6 is 23.2 Å². The van der Waals surface area contributed by atoms with E-state index in [0.717, 1.165) is 37.6 Å². The molecule has 1 saturated carbocycles. The first-order valence-corrected chi connectivity index (χ1v) is 18.2. The van der Waals surface area contributed by atoms with E-state index in [2.05, 4.69) is 9.46 Å². The average Bonchev–Trinajstić information content (AvgIpc) is 3.80. The van der Waals surface area contributed by atoms with Gasteiger partial charge in [-0.1, -0.05) is 29.3 Å². The summed E-state index contributed by atoms with van der Waals surface area (Å²) in [5, 5.41) is 11.7. The lowest BCUT2D eigenvalue weighted by atomic mass is 10.0. The number of aromatic nitrogens is 1. The molecule has 4 rings (SSSR count). The van der Waals surface area contributed by atoms with E-state index >= 15 is 0 Å². The summed E-state index contributed by atoms with van der Waals surface area (Å²) in [6.45, 7) is -3.76. The Morgan fingerprint density at radius 2 is 1.70 bits per heavy atom. The molecule has 0 aliphatic heterocycles. The molecule has 3 aromatic rings. The van der Waals surface area contributed by atoms with Gasteiger partial charge in [-0.15, -0.1) is 0 Å². The Labute approximate surface area is 280 Å². The monoisotopic (exact) mass is 738 g/mol. The number of hydrogen-bond donors (Lipinski definition) is 1. The van der Waals surface area contributed by atoms with Gasteiger partial charge in [0.15, 0.2) is 33.7 Å². The first-order valence-electron chi connectivity index (χ1n) is 13.9. The van der Waals surface area contributed by atoms with Crippen LogP contribution in [0, 0.1) is 11.1 Å². The summed E-state index contributed by atoms with van der Waals surface area (Å²) in [5.74, 6) is -1.42. The molecule has 0 amide bonds. The van der Waals surface area contributed by atoms with Crippen molar-refractivity contribution >= 4 is 49.0 Å². The number of ether oxygens (including phenoxy) is 4. The second-order valence-electron chi connectivity index (χ2n) is 10.7. The minimum atomic E-state index is -4.36. The van der Waals surface area contributed by atoms with Crippen LogP contribution in [0.25, 0.3) is 0 Å². The van der Waals surface area contributed by atoms with E-state index < -0.39 is 50.8 Å². The van der Waals surface area contributed by atoms with Crippen LogP contribution in [-0.4, -0.2) is 55.9 Å². The molecule has 0 spiro atoms. The van der Waals surface area contributed by atoms with E-state index in [4.69, 9.17) is 37.4 Å². The molecule has 1 aromatic heterocycles. The number of carbonyl (C=O) groups is 1. The zero-order valence-electron chi connectivity index (χ0n) is 25.0. The molecular formula is C29H30Cl2F2N2O10S2. The van der Waals surface area contributed by atoms with E-state index in [1.807, 2.05) is 0 Å². The fourth-order valence-corrected chi connectivity index (χ4v) is 6.83. The molecule has 47 heavy (non-hydrogen) atoms. The number of alkyl halides is 2. The summed E-state index contributed by atoms with van der Waals surface area (Å²) >= 11 is 12.5. The van der Waals surface area contributed by atoms with Crippen molar-refractivity contribution in [2.45, 2.75) is 42.6 Å². The van der Waals surface area contributed by atoms with Crippen LogP contribution in [-0.2, 0) is 41.6 Å². The second-order valence-corrected chi connectivity index (χ2v) is 15.4. The summed E-state index contributed by atoms with van der Waals surface area (Å²) in [6.07, 6.45) is 3.45. The summed E-state index contributed by atoms with van der Waals surface area (Å²) in [5.41, 5.74) is 0.541. The van der Waals surface area contributed by atoms with Crippen LogP contribution in [0.1, 0.15) is 35.6 Å². The van der Waals surface area contributed by atoms with Crippen LogP contribution in [0.15, 0.2) is 53.7 Å². The number of nitrogens with one attached hydrogen (secondary N) is 1. The van der Waals surface area contributed by atoms with Gasteiger partial charge in [-0.2, -0.15) is 18.2 Å². The SMILES string of the molecule is COc1ccc(S(=O)(=O)NCC(=O)O[C@@H](Cc2c(Cl)c[n+]([O-])cc2Cl)c2ccc(OC(F)F)c(OCC3CC3)c2)cc1CS(C)(=O)=O. The van der Waals surface area contributed by atoms with E-state index in [1.165, 1.54) is 37.4 Å². The van der Waals surface area contributed by atoms with Gasteiger partial charge in [-0.05, 0) is 54.7 Å². The quantitative estimate of drug-likeness (QED) is 0.127. The van der Waals surface area contributed by atoms with Crippen molar-refractivity contribution in [1.29, 1.82) is 0 Å². The predicted molar refractivity (Wildman–Crippen MR) is 166 cm³/mol. The van der Waals surface area contributed by atoms with E-state index in [0.29, 0.717) is 4.73 Å². The number of sulfonamides is 1. The molecule has 0 bridgehead atoms. The summed E-state index contributed by atoms with van der Waals surface area (Å²) in [7, 11) is -6.61. The lowest BCUT2D eigenvalue weighted by molar-refractivity contribution is -0.605. The largest absolute Gasteiger partial charge is 0.619 e. The molecule has 18 heteroatoms. The van der Waals surface area contributed by atoms with Gasteiger partial charge < -0.3 is 24.2 Å². The van der Waals surface area contributed by atoms with Crippen LogP contribution in [0.3, 0.4) is 0 Å². The summed E-state index contributed by atoms with van der Waals surface area (Å²) in [6, 6.07) is 7.49. The molecule has 0 radical (unpaired) electrons. The molecule has 1 N–H and O–H groups in total. The Kier molecular flexibility index (Phi) is 11.8. The van der Waals surface area contributed by atoms with E-state index in [-0.39, 0.29) is 67.8 Å². The van der Waals surface area contributed by atoms with Gasteiger partial charge in [0.05, 0.1) is 24.4 Å². The molecular weight excluding hydrogens is 709 g/mol. The van der Waals surface area contributed by atoms with Crippen LogP contribution in [0.2, 0.25) is 10.0 Å². The standard InChI is InChI=1S/C29H30Cl2F2N2O10S2/c1-42-24-8-6-20(9-19(24)16-46(2,38)39)47(40,41)34-12-28(36)44-26(11-21-22(30)13-35(37)14-23(21)31)18-5-7-25(45-29(32)33)27(10-18)43-15-17-3-4-17/h5-10,13-14,17,26,29,34H,3-4,11-12,15-16H2,1-2H3/t26-/m0/s1. The van der Waals surface area contributed by atoms with Gasteiger partial charge in [-0.3, -0.25) is 4.79 Å². The number of sulfone groups is 1. The Balaban J connectivity index is 1.59. The molecule has 256 valence electrons. The molecule has 2 aromatic carbocycles. The molecule has 1 fully saturated rings. The highest BCUT2D eigenvalue weighted by Gasteiger charge is 2.27. The van der Waals surface area contributed by atoms with Crippen LogP contribution in [0.4, 0.5) is 8.78 Å². The Bertz CT molecular complexity index is 1820. The second kappa shape index (κ2) is 15.2. The van der Waals surface area contributed by atoms with Crippen molar-refractivity contribution in [2.75, 3.05) is 26.5 Å². The van der Waals surface area contributed by atoms with Crippen LogP contribution < -0.4 is 23.7 Å². The van der Waals surface area contributed by atoms with Gasteiger partial charge in [0.2, 0.25) is 10.0 Å². The third kappa shape index (κ3) is 10.5. The number of pyridine rings is 1. The van der Waals surface area contributed by atoms with Crippen molar-refractivity contribution in [3.05, 3.63) is 80.7 Å². The number of rotatable bonds is 16. The number of carbonyl (C=O) groups excluding carboxylic acids is 1. The third-order valence-corrected chi connectivity index (χ3v) is 9.72. The number of hydrogen-bond acceptors (Lipinski definition) is 10. The fourth-order valence-electron chi connectivity index (χ4n) is 4.42. The third-order valence-electron chi connectivity index (χ3n) is 6.83. The Morgan fingerprint density at radius 1 is 1.04 bits per heavy atom. The first-order chi connectivity index (χ1) is 22.0. The van der Waals surface area contributed by atoms with Crippen LogP contribution in [0.5, 0.6) is 17.2 Å². The number of methoxy groups -OCH3 is 1. The maximum absolute atomic E-state index is 13.1. The average molecular weight is 740 g/mol. The van der Waals surface area contributed by atoms with Gasteiger partial charge in [0.25, 0.3) is 0 Å². The summed E-state index contributed by atoms with van der Waals surface area (Å²) < 4.78 is 99.6. The highest BCUT2D eigenvalue weighted by atomic mass is 35.5. The molecule has 1 heterocycles. The van der Waals surface area contributed by atoms with Gasteiger partial charge in [-0.25, -0.2) is 16.8 Å². The lowest BCUT2D eigenvalue weighted by Crippen LogP contribution is -2.32. The number of esters is 1. The fraction of sp³-hybridized carbons (Fsp3) is 0.379. The molecule has 1 aliphatic rings. The number of nitrogens with zero attached hydrogens (tertiary/aromatic N) is 1. The molecule has 1 atom stereocenters. The molecule has 1 aliphatic carbocycles. The molecule has 0 unspecified atom stereocenters. The topological polar surface area (TPSA) is 161 Å². The van der Waals surface area contributed by atoms with Crippen molar-refractivity contribution < 1.29 is 54.1 Å². The minimum absolute atomic E-state index is 0.0384. The van der Waals surface area contributed by atoms with Crippen molar-refractivity contribution in [1.82, 2.24) is 4.72 Å². The summed E-state index contributed by atoms with van der Waals surface area (Å²) in [4.78, 5) is 12.7. The zero-order valence-corrected chi connectivity index (χ0v) is 28.1. The van der Waals surface area contributed by atoms with E-state index in [9.17, 15) is 35.6 Å². The number of benzene rings is 2. The maximum Gasteiger partial charge on any atom is 0.387 e. The smallest absolute Gasteiger partial charge is 0.387 e. The first kappa shape index (κ1) is 36.4. The minimum Gasteiger partial charge on any atom is -0.619 e. The lowest BCUT2D eigenvalue weighted by Gasteiger charge is -2.21. The zero-order chi connectivity index (χ0) is 34.5. The Hall–Kier alpha value is -3.44. The number of halogens is 4. The Morgan fingerprint density at radius 3 is 2.30 bits per heavy atom. The maximum atomic E-state index is 13.1. The molecule has 12 nitrogen and oxygen atoms in total. The normalized spacial score (nSPS) is 14.1. The van der Waals surface area contributed by atoms with Crippen molar-refractivity contribution in [3.63, 3.8) is 0 Å². The highest BCUT2D eigenvalue weighted by Crippen LogP contribution is 2.38. The van der Waals surface area contributed by atoms with E-state index in [1.54, 1.807) is 0 Å². The van der Waals surface area contributed by atoms with Gasteiger partial charge in [0, 0.05) is 23.8 Å². The van der Waals surface area contributed by atoms with Gasteiger partial charge >= 0.3 is 12.6 Å². The predicted octanol–water partition coefficient (Wildman–Crippen LogP) is 4.38.